The third kappa shape index (κ3) is 3.52. The van der Waals surface area contributed by atoms with Crippen LogP contribution in [0.4, 0.5) is 0 Å². The van der Waals surface area contributed by atoms with E-state index in [4.69, 9.17) is 14.0 Å². The number of aromatic nitrogens is 2. The Balaban J connectivity index is 2.21. The molecule has 0 aliphatic rings. The Morgan fingerprint density at radius 1 is 1.24 bits per heavy atom. The van der Waals surface area contributed by atoms with Crippen LogP contribution in [0.3, 0.4) is 0 Å². The number of nitrogens with one attached hydrogen (secondary N) is 1. The predicted molar refractivity (Wildman–Crippen MR) is 79.8 cm³/mol. The highest BCUT2D eigenvalue weighted by Gasteiger charge is 2.16. The lowest BCUT2D eigenvalue weighted by molar-refractivity contribution is 0.354. The van der Waals surface area contributed by atoms with Crippen LogP contribution in [0, 0.1) is 0 Å². The molecule has 1 N–H and O–H groups in total. The number of ether oxygens (including phenoxy) is 2. The molecule has 0 amide bonds. The smallest absolute Gasteiger partial charge is 0.231 e. The quantitative estimate of drug-likeness (QED) is 0.845. The standard InChI is InChI=1S/C15H21N3O3/c1-5-16-9-10(2)15-17-14(18-21-15)11-6-7-12(19-3)13(8-11)20-4/h6-8,10,16H,5,9H2,1-4H3. The van der Waals surface area contributed by atoms with Gasteiger partial charge in [-0.05, 0) is 24.7 Å². The van der Waals surface area contributed by atoms with E-state index in [9.17, 15) is 0 Å². The highest BCUT2D eigenvalue weighted by atomic mass is 16.5. The SMILES string of the molecule is CCNCC(C)c1nc(-c2ccc(OC)c(OC)c2)no1. The third-order valence-corrected chi connectivity index (χ3v) is 3.21. The normalized spacial score (nSPS) is 12.2. The average Bonchev–Trinajstić information content (AvgIpc) is 3.01. The average molecular weight is 291 g/mol. The van der Waals surface area contributed by atoms with Gasteiger partial charge in [0.05, 0.1) is 14.2 Å². The molecule has 1 aromatic carbocycles. The Hall–Kier alpha value is -2.08. The molecule has 1 heterocycles. The van der Waals surface area contributed by atoms with Crippen LogP contribution in [0.2, 0.25) is 0 Å². The minimum Gasteiger partial charge on any atom is -0.493 e. The summed E-state index contributed by atoms with van der Waals surface area (Å²) in [6.07, 6.45) is 0. The maximum atomic E-state index is 5.33. The fourth-order valence-electron chi connectivity index (χ4n) is 1.98. The summed E-state index contributed by atoms with van der Waals surface area (Å²) in [6.45, 7) is 5.84. The molecule has 6 nitrogen and oxygen atoms in total. The zero-order valence-electron chi connectivity index (χ0n) is 12.8. The highest BCUT2D eigenvalue weighted by molar-refractivity contribution is 5.60. The van der Waals surface area contributed by atoms with Crippen LogP contribution in [0.1, 0.15) is 25.7 Å². The molecule has 0 aliphatic heterocycles. The van der Waals surface area contributed by atoms with E-state index in [1.165, 1.54) is 0 Å². The fraction of sp³-hybridized carbons (Fsp3) is 0.467. The molecule has 0 fully saturated rings. The summed E-state index contributed by atoms with van der Waals surface area (Å²) in [4.78, 5) is 4.45. The molecule has 21 heavy (non-hydrogen) atoms. The monoisotopic (exact) mass is 291 g/mol. The summed E-state index contributed by atoms with van der Waals surface area (Å²) < 4.78 is 15.8. The van der Waals surface area contributed by atoms with Gasteiger partial charge in [0, 0.05) is 18.0 Å². The van der Waals surface area contributed by atoms with Gasteiger partial charge >= 0.3 is 0 Å². The summed E-state index contributed by atoms with van der Waals surface area (Å²) in [5.41, 5.74) is 0.832. The number of benzene rings is 1. The summed E-state index contributed by atoms with van der Waals surface area (Å²) in [6, 6.07) is 5.54. The molecule has 6 heteroatoms. The van der Waals surface area contributed by atoms with Crippen LogP contribution in [0.5, 0.6) is 11.5 Å². The van der Waals surface area contributed by atoms with Crippen molar-refractivity contribution in [2.24, 2.45) is 0 Å². The minimum atomic E-state index is 0.173. The summed E-state index contributed by atoms with van der Waals surface area (Å²) in [5.74, 6) is 2.66. The van der Waals surface area contributed by atoms with E-state index < -0.39 is 0 Å². The van der Waals surface area contributed by atoms with Crippen molar-refractivity contribution in [2.75, 3.05) is 27.3 Å². The van der Waals surface area contributed by atoms with Gasteiger partial charge in [0.1, 0.15) is 0 Å². The van der Waals surface area contributed by atoms with Gasteiger partial charge in [-0.1, -0.05) is 19.0 Å². The van der Waals surface area contributed by atoms with Crippen LogP contribution < -0.4 is 14.8 Å². The zero-order chi connectivity index (χ0) is 15.2. The van der Waals surface area contributed by atoms with Crippen molar-refractivity contribution in [1.29, 1.82) is 0 Å². The first-order valence-corrected chi connectivity index (χ1v) is 6.96. The number of methoxy groups -OCH3 is 2. The van der Waals surface area contributed by atoms with Crippen molar-refractivity contribution >= 4 is 0 Å². The second-order valence-electron chi connectivity index (χ2n) is 4.73. The summed E-state index contributed by atoms with van der Waals surface area (Å²) in [7, 11) is 3.20. The lowest BCUT2D eigenvalue weighted by Crippen LogP contribution is -2.19. The van der Waals surface area contributed by atoms with Crippen LogP contribution in [0.25, 0.3) is 11.4 Å². The molecule has 1 atom stereocenters. The second-order valence-corrected chi connectivity index (χ2v) is 4.73. The molecule has 114 valence electrons. The Labute approximate surface area is 124 Å². The Bertz CT molecular complexity index is 583. The van der Waals surface area contributed by atoms with Crippen molar-refractivity contribution < 1.29 is 14.0 Å². The van der Waals surface area contributed by atoms with Crippen molar-refractivity contribution in [2.45, 2.75) is 19.8 Å². The maximum absolute atomic E-state index is 5.33. The van der Waals surface area contributed by atoms with E-state index in [2.05, 4.69) is 29.3 Å². The van der Waals surface area contributed by atoms with E-state index in [1.54, 1.807) is 14.2 Å². The van der Waals surface area contributed by atoms with Crippen molar-refractivity contribution in [3.63, 3.8) is 0 Å². The van der Waals surface area contributed by atoms with Gasteiger partial charge in [-0.2, -0.15) is 4.98 Å². The molecular formula is C15H21N3O3. The first kappa shape index (κ1) is 15.3. The largest absolute Gasteiger partial charge is 0.493 e. The van der Waals surface area contributed by atoms with Crippen molar-refractivity contribution in [3.05, 3.63) is 24.1 Å². The first-order chi connectivity index (χ1) is 10.2. The molecule has 0 saturated heterocycles. The van der Waals surface area contributed by atoms with Crippen molar-refractivity contribution in [1.82, 2.24) is 15.5 Å². The van der Waals surface area contributed by atoms with Crippen LogP contribution in [0.15, 0.2) is 22.7 Å². The van der Waals surface area contributed by atoms with Crippen LogP contribution in [-0.2, 0) is 0 Å². The molecule has 0 radical (unpaired) electrons. The fourth-order valence-corrected chi connectivity index (χ4v) is 1.98. The van der Waals surface area contributed by atoms with E-state index in [0.717, 1.165) is 18.7 Å². The number of likely N-dealkylation sites (N-methyl/N-ethyl adjacent to an activating group) is 1. The predicted octanol–water partition coefficient (Wildman–Crippen LogP) is 2.47. The van der Waals surface area contributed by atoms with Crippen LogP contribution >= 0.6 is 0 Å². The van der Waals surface area contributed by atoms with E-state index in [0.29, 0.717) is 23.2 Å². The van der Waals surface area contributed by atoms with Gasteiger partial charge in [0.15, 0.2) is 11.5 Å². The van der Waals surface area contributed by atoms with Gasteiger partial charge in [-0.25, -0.2) is 0 Å². The van der Waals surface area contributed by atoms with Gasteiger partial charge in [-0.3, -0.25) is 0 Å². The highest BCUT2D eigenvalue weighted by Crippen LogP contribution is 2.31. The van der Waals surface area contributed by atoms with E-state index in [-0.39, 0.29) is 5.92 Å². The first-order valence-electron chi connectivity index (χ1n) is 6.96. The number of nitrogens with zero attached hydrogens (tertiary/aromatic N) is 2. The third-order valence-electron chi connectivity index (χ3n) is 3.21. The summed E-state index contributed by atoms with van der Waals surface area (Å²) in [5, 5.41) is 7.30. The number of hydrogen-bond donors (Lipinski definition) is 1. The topological polar surface area (TPSA) is 69.4 Å². The molecule has 0 bridgehead atoms. The van der Waals surface area contributed by atoms with E-state index >= 15 is 0 Å². The Kier molecular flexibility index (Phi) is 5.16. The lowest BCUT2D eigenvalue weighted by atomic mass is 10.1. The van der Waals surface area contributed by atoms with Gasteiger partial charge < -0.3 is 19.3 Å². The molecule has 0 spiro atoms. The molecule has 2 aromatic rings. The van der Waals surface area contributed by atoms with Gasteiger partial charge in [-0.15, -0.1) is 0 Å². The lowest BCUT2D eigenvalue weighted by Gasteiger charge is -2.07. The Morgan fingerprint density at radius 3 is 2.67 bits per heavy atom. The molecule has 0 saturated carbocycles. The Morgan fingerprint density at radius 2 is 2.00 bits per heavy atom. The molecular weight excluding hydrogens is 270 g/mol. The number of hydrogen-bond acceptors (Lipinski definition) is 6. The minimum absolute atomic E-state index is 0.173. The zero-order valence-corrected chi connectivity index (χ0v) is 12.8. The maximum Gasteiger partial charge on any atom is 0.231 e. The molecule has 2 rings (SSSR count). The van der Waals surface area contributed by atoms with Crippen LogP contribution in [-0.4, -0.2) is 37.4 Å². The molecule has 0 aliphatic carbocycles. The molecule has 1 unspecified atom stereocenters. The number of rotatable bonds is 7. The van der Waals surface area contributed by atoms with Gasteiger partial charge in [0.25, 0.3) is 0 Å². The van der Waals surface area contributed by atoms with E-state index in [1.807, 2.05) is 18.2 Å². The van der Waals surface area contributed by atoms with Gasteiger partial charge in [0.2, 0.25) is 11.7 Å². The molecule has 1 aromatic heterocycles. The summed E-state index contributed by atoms with van der Waals surface area (Å²) >= 11 is 0. The second kappa shape index (κ2) is 7.08. The van der Waals surface area contributed by atoms with Crippen molar-refractivity contribution in [3.8, 4) is 22.9 Å².